The zero-order chi connectivity index (χ0) is 30.3. The van der Waals surface area contributed by atoms with Crippen molar-refractivity contribution in [2.45, 2.75) is 88.3 Å². The fourth-order valence-electron chi connectivity index (χ4n) is 7.57. The zero-order valence-electron chi connectivity index (χ0n) is 24.0. The van der Waals surface area contributed by atoms with E-state index in [4.69, 9.17) is 4.74 Å². The van der Waals surface area contributed by atoms with Gasteiger partial charge in [0.2, 0.25) is 5.91 Å². The van der Waals surface area contributed by atoms with Crippen molar-refractivity contribution < 1.29 is 42.2 Å². The molecular formula is C28H40F3N5O6. The number of carboxylic acid groups (broad SMARTS) is 1. The lowest BCUT2D eigenvalue weighted by Crippen LogP contribution is -2.67. The third-order valence-electron chi connectivity index (χ3n) is 9.66. The van der Waals surface area contributed by atoms with Crippen LogP contribution in [-0.4, -0.2) is 143 Å². The van der Waals surface area contributed by atoms with Gasteiger partial charge < -0.3 is 25.0 Å². The van der Waals surface area contributed by atoms with Crippen molar-refractivity contribution in [1.29, 1.82) is 0 Å². The predicted octanol–water partition coefficient (Wildman–Crippen LogP) is 1.13. The number of aliphatic carboxylic acids is 1. The number of ketones is 1. The average molecular weight is 600 g/mol. The summed E-state index contributed by atoms with van der Waals surface area (Å²) in [5, 5.41) is 12.0. The van der Waals surface area contributed by atoms with Crippen LogP contribution in [0.2, 0.25) is 0 Å². The van der Waals surface area contributed by atoms with E-state index in [9.17, 15) is 24.3 Å². The minimum absolute atomic E-state index is 0.171. The Bertz CT molecular complexity index is 1100. The molecule has 2 aliphatic carbocycles. The van der Waals surface area contributed by atoms with Gasteiger partial charge >= 0.3 is 12.1 Å². The summed E-state index contributed by atoms with van der Waals surface area (Å²) in [5.41, 5.74) is -0.438. The number of carboxylic acids is 1. The number of Topliss-reactive ketones (excluding diaryl/α,β-unsaturated/α-hetero) is 1. The molecule has 8 unspecified atom stereocenters. The topological polar surface area (TPSA) is 123 Å². The molecule has 4 fully saturated rings. The molecule has 14 heteroatoms. The summed E-state index contributed by atoms with van der Waals surface area (Å²) in [7, 11) is 0. The summed E-state index contributed by atoms with van der Waals surface area (Å²) in [6.45, 7) is 5.47. The molecule has 5 rings (SSSR count). The van der Waals surface area contributed by atoms with Crippen LogP contribution in [0.4, 0.5) is 18.0 Å². The first-order chi connectivity index (χ1) is 20.0. The van der Waals surface area contributed by atoms with Crippen molar-refractivity contribution in [1.82, 2.24) is 24.9 Å². The number of carbonyl (C=O) groups excluding carboxylic acids is 3. The Kier molecular flexibility index (Phi) is 9.02. The van der Waals surface area contributed by atoms with Crippen LogP contribution >= 0.6 is 0 Å². The SMILES string of the molecule is CCN1C=C(C(=O)O)C(=O)C2CC(F)C(N3CCN(C4CCC(N5C[C@H](CNC(C)=O)OC5=O)CC4F)CC3)C(F)C21. The zero-order valence-corrected chi connectivity index (χ0v) is 24.0. The van der Waals surface area contributed by atoms with Crippen LogP contribution in [0.3, 0.4) is 0 Å². The molecule has 0 radical (unpaired) electrons. The summed E-state index contributed by atoms with van der Waals surface area (Å²) in [6, 6.07) is -2.65. The quantitative estimate of drug-likeness (QED) is 0.415. The maximum absolute atomic E-state index is 16.0. The Morgan fingerprint density at radius 3 is 2.33 bits per heavy atom. The van der Waals surface area contributed by atoms with E-state index in [0.717, 1.165) is 0 Å². The molecule has 9 atom stereocenters. The number of alkyl halides is 3. The molecule has 0 spiro atoms. The first-order valence-corrected chi connectivity index (χ1v) is 14.9. The molecule has 234 valence electrons. The molecule has 3 heterocycles. The fraction of sp³-hybridized carbons (Fsp3) is 0.786. The molecule has 2 N–H and O–H groups in total. The maximum Gasteiger partial charge on any atom is 0.410 e. The monoisotopic (exact) mass is 599 g/mol. The Labute approximate surface area is 243 Å². The van der Waals surface area contributed by atoms with Gasteiger partial charge in [-0.15, -0.1) is 0 Å². The molecule has 5 aliphatic rings. The second-order valence-corrected chi connectivity index (χ2v) is 12.0. The number of hydrogen-bond donors (Lipinski definition) is 2. The van der Waals surface area contributed by atoms with E-state index in [1.165, 1.54) is 18.0 Å². The predicted molar refractivity (Wildman–Crippen MR) is 144 cm³/mol. The normalized spacial score (nSPS) is 38.1. The highest BCUT2D eigenvalue weighted by molar-refractivity contribution is 6.18. The van der Waals surface area contributed by atoms with Gasteiger partial charge in [-0.25, -0.2) is 22.8 Å². The van der Waals surface area contributed by atoms with Gasteiger partial charge in [-0.05, 0) is 26.2 Å². The number of ether oxygens (including phenoxy) is 1. The molecule has 11 nitrogen and oxygen atoms in total. The number of amides is 2. The summed E-state index contributed by atoms with van der Waals surface area (Å²) in [5.74, 6) is -3.39. The maximum atomic E-state index is 16.0. The Balaban J connectivity index is 1.16. The summed E-state index contributed by atoms with van der Waals surface area (Å²) < 4.78 is 52.3. The number of piperazine rings is 1. The molecular weight excluding hydrogens is 559 g/mol. The molecule has 0 aromatic rings. The minimum atomic E-state index is -1.69. The average Bonchev–Trinajstić information content (AvgIpc) is 3.33. The number of halogens is 3. The van der Waals surface area contributed by atoms with E-state index < -0.39 is 66.0 Å². The number of hydrogen-bond acceptors (Lipinski definition) is 8. The van der Waals surface area contributed by atoms with Gasteiger partial charge in [0.15, 0.2) is 5.78 Å². The van der Waals surface area contributed by atoms with Crippen LogP contribution in [0, 0.1) is 5.92 Å². The molecule has 0 bridgehead atoms. The van der Waals surface area contributed by atoms with Crippen molar-refractivity contribution >= 4 is 23.8 Å². The highest BCUT2D eigenvalue weighted by Crippen LogP contribution is 2.40. The van der Waals surface area contributed by atoms with Crippen LogP contribution in [0.15, 0.2) is 11.8 Å². The lowest BCUT2D eigenvalue weighted by atomic mass is 9.72. The van der Waals surface area contributed by atoms with Gasteiger partial charge in [0.1, 0.15) is 30.2 Å². The number of rotatable bonds is 7. The first kappa shape index (κ1) is 30.6. The Morgan fingerprint density at radius 1 is 1.02 bits per heavy atom. The molecule has 0 aromatic carbocycles. The van der Waals surface area contributed by atoms with Crippen molar-refractivity contribution in [3.05, 3.63) is 11.8 Å². The van der Waals surface area contributed by atoms with Crippen molar-refractivity contribution in [2.24, 2.45) is 5.92 Å². The Morgan fingerprint density at radius 2 is 1.71 bits per heavy atom. The van der Waals surface area contributed by atoms with E-state index in [2.05, 4.69) is 5.32 Å². The van der Waals surface area contributed by atoms with Gasteiger partial charge in [-0.1, -0.05) is 0 Å². The van der Waals surface area contributed by atoms with Crippen LogP contribution in [-0.2, 0) is 19.1 Å². The molecule has 2 saturated carbocycles. The van der Waals surface area contributed by atoms with Crippen LogP contribution in [0.1, 0.15) is 39.5 Å². The van der Waals surface area contributed by atoms with Crippen LogP contribution < -0.4 is 5.32 Å². The standard InChI is InChI=1S/C28H40F3N5O6/c1-3-33-14-19(27(39)40)26(38)18-11-21(30)25(23(31)24(18)33)35-8-6-34(7-9-35)22-5-4-16(10-20(22)29)36-13-17(42-28(36)41)12-32-15(2)37/h14,16-18,20-25H,3-13H2,1-2H3,(H,32,37)(H,39,40)/t16?,17-,18?,20?,21?,22?,23?,24?,25?/m0/s1. The van der Waals surface area contributed by atoms with Gasteiger partial charge in [-0.3, -0.25) is 19.4 Å². The van der Waals surface area contributed by atoms with E-state index in [1.54, 1.807) is 16.7 Å². The molecule has 42 heavy (non-hydrogen) atoms. The number of carbonyl (C=O) groups is 4. The Hall–Kier alpha value is -2.87. The van der Waals surface area contributed by atoms with Crippen LogP contribution in [0.25, 0.3) is 0 Å². The fourth-order valence-corrected chi connectivity index (χ4v) is 7.57. The van der Waals surface area contributed by atoms with Crippen molar-refractivity contribution in [2.75, 3.05) is 45.8 Å². The van der Waals surface area contributed by atoms with Crippen molar-refractivity contribution in [3.8, 4) is 0 Å². The highest BCUT2D eigenvalue weighted by Gasteiger charge is 2.55. The van der Waals surface area contributed by atoms with Gasteiger partial charge in [0, 0.05) is 70.3 Å². The van der Waals surface area contributed by atoms with E-state index in [-0.39, 0.29) is 43.9 Å². The second kappa shape index (κ2) is 12.4. The van der Waals surface area contributed by atoms with Gasteiger partial charge in [-0.2, -0.15) is 0 Å². The van der Waals surface area contributed by atoms with Gasteiger partial charge in [0.25, 0.3) is 0 Å². The lowest BCUT2D eigenvalue weighted by molar-refractivity contribution is -0.140. The molecule has 0 aromatic heterocycles. The third kappa shape index (κ3) is 5.84. The van der Waals surface area contributed by atoms with Crippen molar-refractivity contribution in [3.63, 3.8) is 0 Å². The highest BCUT2D eigenvalue weighted by atomic mass is 19.1. The van der Waals surface area contributed by atoms with E-state index in [0.29, 0.717) is 45.6 Å². The largest absolute Gasteiger partial charge is 0.478 e. The van der Waals surface area contributed by atoms with Gasteiger partial charge in [0.05, 0.1) is 25.2 Å². The smallest absolute Gasteiger partial charge is 0.410 e. The summed E-state index contributed by atoms with van der Waals surface area (Å²) in [6.07, 6.45) is -3.23. The van der Waals surface area contributed by atoms with E-state index in [1.807, 2.05) is 4.90 Å². The summed E-state index contributed by atoms with van der Waals surface area (Å²) in [4.78, 5) is 54.7. The number of nitrogens with one attached hydrogen (secondary N) is 1. The van der Waals surface area contributed by atoms with E-state index >= 15 is 13.2 Å². The number of nitrogens with zero attached hydrogens (tertiary/aromatic N) is 4. The number of cyclic esters (lactones) is 1. The molecule has 2 amide bonds. The molecule has 2 saturated heterocycles. The first-order valence-electron chi connectivity index (χ1n) is 14.9. The molecule has 3 aliphatic heterocycles. The minimum Gasteiger partial charge on any atom is -0.478 e. The number of fused-ring (bicyclic) bond motifs is 1. The third-order valence-corrected chi connectivity index (χ3v) is 9.66. The van der Waals surface area contributed by atoms with Crippen LogP contribution in [0.5, 0.6) is 0 Å². The second-order valence-electron chi connectivity index (χ2n) is 12.0. The summed E-state index contributed by atoms with van der Waals surface area (Å²) >= 11 is 0. The lowest BCUT2D eigenvalue weighted by Gasteiger charge is -2.52.